The van der Waals surface area contributed by atoms with Gasteiger partial charge in [0, 0.05) is 38.6 Å². The van der Waals surface area contributed by atoms with Crippen LogP contribution in [0, 0.1) is 0 Å². The van der Waals surface area contributed by atoms with Crippen LogP contribution >= 0.6 is 0 Å². The van der Waals surface area contributed by atoms with Gasteiger partial charge in [0.05, 0.1) is 16.7 Å². The zero-order chi connectivity index (χ0) is 39.2. The molecule has 1 aliphatic carbocycles. The quantitative estimate of drug-likeness (QED) is 0.175. The molecule has 9 aromatic carbocycles. The fourth-order valence-electron chi connectivity index (χ4n) is 9.64. The number of ether oxygens (including phenoxy) is 2. The van der Waals surface area contributed by atoms with Gasteiger partial charge in [0.2, 0.25) is 0 Å². The number of hydrogen-bond acceptors (Lipinski definition) is 3. The summed E-state index contributed by atoms with van der Waals surface area (Å²) in [5.74, 6) is 2.87. The molecule has 0 bridgehead atoms. The number of rotatable bonds is 5. The minimum atomic E-state index is -0.147. The highest BCUT2D eigenvalue weighted by Crippen LogP contribution is 2.52. The summed E-state index contributed by atoms with van der Waals surface area (Å²) in [5, 5.41) is 4.74. The van der Waals surface area contributed by atoms with Crippen molar-refractivity contribution in [2.45, 2.75) is 19.3 Å². The molecular weight excluding hydrogens is 721 g/mol. The summed E-state index contributed by atoms with van der Waals surface area (Å²) in [5.41, 5.74) is 14.2. The van der Waals surface area contributed by atoms with Crippen molar-refractivity contribution in [3.8, 4) is 50.9 Å². The first-order valence-corrected chi connectivity index (χ1v) is 20.3. The Bertz CT molecular complexity index is 3320. The minimum Gasteiger partial charge on any atom is -0.450 e. The highest BCUT2D eigenvalue weighted by atomic mass is 16.6. The third kappa shape index (κ3) is 5.09. The van der Waals surface area contributed by atoms with Crippen LogP contribution < -0.4 is 14.4 Å². The van der Waals surface area contributed by atoms with Gasteiger partial charge in [-0.3, -0.25) is 0 Å². The molecule has 10 aromatic rings. The van der Waals surface area contributed by atoms with Crippen molar-refractivity contribution in [1.82, 2.24) is 4.57 Å². The summed E-state index contributed by atoms with van der Waals surface area (Å²) in [7, 11) is 0. The third-order valence-electron chi connectivity index (χ3n) is 12.4. The monoisotopic (exact) mass is 758 g/mol. The molecule has 2 heterocycles. The number of para-hydroxylation sites is 4. The Morgan fingerprint density at radius 2 is 1.02 bits per heavy atom. The Kier molecular flexibility index (Phi) is 7.24. The highest BCUT2D eigenvalue weighted by molar-refractivity contribution is 6.12. The standard InChI is InChI=1S/C55H38N2O2/c1-55(2)46-20-10-8-17-41(46)42-27-25-38(34-47(42)55)56(37-26-29-50-45(33-37)44-19-9-11-21-48(44)57(50)36-14-4-3-5-15-36)49-30-28-39(40-16-6-7-18-43(40)49)35-24-31-53-54(32-35)59-52-23-13-12-22-51(52)58-53/h3-34H,1-2H3. The Hall–Kier alpha value is -7.56. The smallest absolute Gasteiger partial charge is 0.170 e. The van der Waals surface area contributed by atoms with E-state index < -0.39 is 0 Å². The van der Waals surface area contributed by atoms with Gasteiger partial charge in [-0.1, -0.05) is 129 Å². The van der Waals surface area contributed by atoms with E-state index in [9.17, 15) is 0 Å². The molecule has 1 aromatic heterocycles. The van der Waals surface area contributed by atoms with Gasteiger partial charge >= 0.3 is 0 Å². The summed E-state index contributed by atoms with van der Waals surface area (Å²) in [6.07, 6.45) is 0. The van der Waals surface area contributed by atoms with Crippen molar-refractivity contribution in [2.24, 2.45) is 0 Å². The molecule has 4 heteroatoms. The van der Waals surface area contributed by atoms with Crippen molar-refractivity contribution in [3.63, 3.8) is 0 Å². The molecule has 0 atom stereocenters. The lowest BCUT2D eigenvalue weighted by atomic mass is 9.82. The molecular formula is C55H38N2O2. The molecule has 0 amide bonds. The first kappa shape index (κ1) is 33.6. The van der Waals surface area contributed by atoms with Gasteiger partial charge in [0.25, 0.3) is 0 Å². The van der Waals surface area contributed by atoms with Crippen LogP contribution in [0.3, 0.4) is 0 Å². The average molecular weight is 759 g/mol. The Morgan fingerprint density at radius 3 is 1.86 bits per heavy atom. The molecule has 0 spiro atoms. The maximum absolute atomic E-state index is 6.37. The van der Waals surface area contributed by atoms with Gasteiger partial charge < -0.3 is 18.9 Å². The zero-order valence-corrected chi connectivity index (χ0v) is 32.7. The van der Waals surface area contributed by atoms with Crippen LogP contribution in [0.5, 0.6) is 23.0 Å². The number of nitrogens with zero attached hydrogens (tertiary/aromatic N) is 2. The second-order valence-corrected chi connectivity index (χ2v) is 16.1. The first-order chi connectivity index (χ1) is 29.0. The maximum atomic E-state index is 6.37. The second kappa shape index (κ2) is 12.7. The summed E-state index contributed by atoms with van der Waals surface area (Å²) >= 11 is 0. The number of aromatic nitrogens is 1. The fraction of sp³-hybridized carbons (Fsp3) is 0.0545. The van der Waals surface area contributed by atoms with Crippen LogP contribution in [-0.4, -0.2) is 4.57 Å². The lowest BCUT2D eigenvalue weighted by molar-refractivity contribution is 0.360. The molecule has 59 heavy (non-hydrogen) atoms. The second-order valence-electron chi connectivity index (χ2n) is 16.1. The van der Waals surface area contributed by atoms with Gasteiger partial charge in [-0.2, -0.15) is 0 Å². The number of hydrogen-bond donors (Lipinski definition) is 0. The van der Waals surface area contributed by atoms with Crippen LogP contribution in [0.25, 0.3) is 60.5 Å². The topological polar surface area (TPSA) is 26.6 Å². The van der Waals surface area contributed by atoms with E-state index in [1.807, 2.05) is 30.3 Å². The lowest BCUT2D eigenvalue weighted by Crippen LogP contribution is -2.16. The van der Waals surface area contributed by atoms with Gasteiger partial charge in [-0.05, 0) is 118 Å². The first-order valence-electron chi connectivity index (χ1n) is 20.3. The lowest BCUT2D eigenvalue weighted by Gasteiger charge is -2.29. The third-order valence-corrected chi connectivity index (χ3v) is 12.4. The van der Waals surface area contributed by atoms with E-state index >= 15 is 0 Å². The van der Waals surface area contributed by atoms with Crippen molar-refractivity contribution < 1.29 is 9.47 Å². The van der Waals surface area contributed by atoms with Crippen molar-refractivity contribution >= 4 is 49.6 Å². The van der Waals surface area contributed by atoms with E-state index in [2.05, 4.69) is 187 Å². The van der Waals surface area contributed by atoms with Gasteiger partial charge in [0.1, 0.15) is 0 Å². The van der Waals surface area contributed by atoms with Crippen LogP contribution in [0.15, 0.2) is 194 Å². The highest BCUT2D eigenvalue weighted by Gasteiger charge is 2.36. The molecule has 280 valence electrons. The van der Waals surface area contributed by atoms with Crippen molar-refractivity contribution in [3.05, 3.63) is 205 Å². The molecule has 12 rings (SSSR count). The van der Waals surface area contributed by atoms with Crippen molar-refractivity contribution in [1.29, 1.82) is 0 Å². The number of fused-ring (bicyclic) bond motifs is 9. The maximum Gasteiger partial charge on any atom is 0.170 e. The molecule has 0 saturated carbocycles. The minimum absolute atomic E-state index is 0.147. The van der Waals surface area contributed by atoms with Crippen LogP contribution in [0.2, 0.25) is 0 Å². The average Bonchev–Trinajstić information content (AvgIpc) is 3.73. The van der Waals surface area contributed by atoms with Gasteiger partial charge in [-0.25, -0.2) is 0 Å². The summed E-state index contributed by atoms with van der Waals surface area (Å²) < 4.78 is 15.0. The Balaban J connectivity index is 1.07. The SMILES string of the molecule is CC1(C)c2ccccc2-c2ccc(N(c3ccc4c(c3)c3ccccc3n4-c3ccccc3)c3ccc(-c4ccc5c(c4)Oc4ccccc4O5)c4ccccc34)cc21. The normalized spacial score (nSPS) is 13.3. The largest absolute Gasteiger partial charge is 0.450 e. The number of benzene rings is 9. The van der Waals surface area contributed by atoms with Crippen LogP contribution in [0.4, 0.5) is 17.1 Å². The Labute approximate surface area is 342 Å². The molecule has 0 fully saturated rings. The van der Waals surface area contributed by atoms with E-state index in [4.69, 9.17) is 9.47 Å². The van der Waals surface area contributed by atoms with E-state index in [0.717, 1.165) is 56.1 Å². The summed E-state index contributed by atoms with van der Waals surface area (Å²) in [6, 6.07) is 69.7. The Morgan fingerprint density at radius 1 is 0.407 bits per heavy atom. The number of anilines is 3. The molecule has 2 aliphatic rings. The molecule has 0 unspecified atom stereocenters. The fourth-order valence-corrected chi connectivity index (χ4v) is 9.64. The molecule has 0 radical (unpaired) electrons. The van der Waals surface area contributed by atoms with Gasteiger partial charge in [0.15, 0.2) is 23.0 Å². The van der Waals surface area contributed by atoms with Gasteiger partial charge in [-0.15, -0.1) is 0 Å². The van der Waals surface area contributed by atoms with Crippen LogP contribution in [-0.2, 0) is 5.41 Å². The van der Waals surface area contributed by atoms with E-state index in [1.54, 1.807) is 0 Å². The van der Waals surface area contributed by atoms with E-state index in [0.29, 0.717) is 11.5 Å². The van der Waals surface area contributed by atoms with Crippen molar-refractivity contribution in [2.75, 3.05) is 4.90 Å². The molecule has 4 nitrogen and oxygen atoms in total. The molecule has 1 aliphatic heterocycles. The molecule has 0 N–H and O–H groups in total. The van der Waals surface area contributed by atoms with E-state index in [-0.39, 0.29) is 5.41 Å². The summed E-state index contributed by atoms with van der Waals surface area (Å²) in [4.78, 5) is 2.46. The molecule has 0 saturated heterocycles. The van der Waals surface area contributed by atoms with Crippen LogP contribution in [0.1, 0.15) is 25.0 Å². The zero-order valence-electron chi connectivity index (χ0n) is 32.7. The predicted octanol–water partition coefficient (Wildman–Crippen LogP) is 15.3. The summed E-state index contributed by atoms with van der Waals surface area (Å²) in [6.45, 7) is 4.71. The predicted molar refractivity (Wildman–Crippen MR) is 243 cm³/mol. The van der Waals surface area contributed by atoms with E-state index in [1.165, 1.54) is 44.1 Å².